The number of ether oxygens (including phenoxy) is 2. The summed E-state index contributed by atoms with van der Waals surface area (Å²) >= 11 is 1.53. The largest absolute Gasteiger partial charge is 0.379 e. The third-order valence-electron chi connectivity index (χ3n) is 4.51. The minimum Gasteiger partial charge on any atom is -0.379 e. The molecule has 5 nitrogen and oxygen atoms in total. The van der Waals surface area contributed by atoms with E-state index in [-0.39, 0.29) is 18.1 Å². The number of benzene rings is 2. The Bertz CT molecular complexity index is 881. The summed E-state index contributed by atoms with van der Waals surface area (Å²) in [7, 11) is 0. The quantitative estimate of drug-likeness (QED) is 0.750. The highest BCUT2D eigenvalue weighted by atomic mass is 32.1. The van der Waals surface area contributed by atoms with Gasteiger partial charge in [0, 0.05) is 12.2 Å². The number of rotatable bonds is 5. The molecule has 6 heteroatoms. The van der Waals surface area contributed by atoms with Gasteiger partial charge in [0.15, 0.2) is 0 Å². The number of fused-ring (bicyclic) bond motifs is 1. The van der Waals surface area contributed by atoms with Crippen LogP contribution in [0.2, 0.25) is 0 Å². The van der Waals surface area contributed by atoms with Gasteiger partial charge < -0.3 is 14.8 Å². The van der Waals surface area contributed by atoms with Crippen LogP contribution >= 0.6 is 11.3 Å². The third kappa shape index (κ3) is 3.93. The second-order valence-electron chi connectivity index (χ2n) is 6.31. The standard InChI is InChI=1S/C20H20N2O3S/c23-20(15-6-7-16-19(10-15)26-13-21-16)22-17-12-24-9-8-18(17)25-11-14-4-2-1-3-5-14/h1-7,10,13,17-18H,8-9,11-12H2,(H,22,23)/t17-,18+/m1/s1. The predicted molar refractivity (Wildman–Crippen MR) is 101 cm³/mol. The first-order chi connectivity index (χ1) is 12.8. The Morgan fingerprint density at radius 3 is 3.04 bits per heavy atom. The molecular formula is C20H20N2O3S. The Morgan fingerprint density at radius 1 is 1.27 bits per heavy atom. The van der Waals surface area contributed by atoms with Crippen molar-refractivity contribution < 1.29 is 14.3 Å². The highest BCUT2D eigenvalue weighted by molar-refractivity contribution is 7.16. The molecule has 1 N–H and O–H groups in total. The van der Waals surface area contributed by atoms with Crippen LogP contribution in [0.5, 0.6) is 0 Å². The molecular weight excluding hydrogens is 348 g/mol. The van der Waals surface area contributed by atoms with E-state index in [0.29, 0.717) is 25.4 Å². The van der Waals surface area contributed by atoms with Crippen LogP contribution in [0.1, 0.15) is 22.3 Å². The van der Waals surface area contributed by atoms with Gasteiger partial charge in [0.05, 0.1) is 41.1 Å². The number of nitrogens with zero attached hydrogens (tertiary/aromatic N) is 1. The molecule has 0 aliphatic carbocycles. The average Bonchev–Trinajstić information content (AvgIpc) is 3.16. The normalized spacial score (nSPS) is 20.2. The summed E-state index contributed by atoms with van der Waals surface area (Å²) in [6, 6.07) is 15.5. The number of hydrogen-bond acceptors (Lipinski definition) is 5. The van der Waals surface area contributed by atoms with Crippen molar-refractivity contribution in [1.82, 2.24) is 10.3 Å². The van der Waals surface area contributed by atoms with Gasteiger partial charge in [0.2, 0.25) is 0 Å². The Morgan fingerprint density at radius 2 is 2.15 bits per heavy atom. The fourth-order valence-electron chi connectivity index (χ4n) is 3.08. The second-order valence-corrected chi connectivity index (χ2v) is 7.20. The summed E-state index contributed by atoms with van der Waals surface area (Å²) in [6.07, 6.45) is 0.714. The predicted octanol–water partition coefficient (Wildman–Crippen LogP) is 3.40. The Balaban J connectivity index is 1.41. The van der Waals surface area contributed by atoms with Crippen molar-refractivity contribution >= 4 is 27.5 Å². The number of nitrogens with one attached hydrogen (secondary N) is 1. The Hall–Kier alpha value is -2.28. The lowest BCUT2D eigenvalue weighted by molar-refractivity contribution is -0.0605. The van der Waals surface area contributed by atoms with Crippen molar-refractivity contribution in [3.05, 3.63) is 65.2 Å². The average molecular weight is 368 g/mol. The molecule has 2 heterocycles. The molecule has 1 saturated heterocycles. The summed E-state index contributed by atoms with van der Waals surface area (Å²) < 4.78 is 12.6. The van der Waals surface area contributed by atoms with Gasteiger partial charge in [-0.15, -0.1) is 11.3 Å². The van der Waals surface area contributed by atoms with Gasteiger partial charge in [0.25, 0.3) is 5.91 Å². The third-order valence-corrected chi connectivity index (χ3v) is 5.30. The zero-order valence-corrected chi connectivity index (χ0v) is 15.1. The van der Waals surface area contributed by atoms with E-state index in [4.69, 9.17) is 9.47 Å². The van der Waals surface area contributed by atoms with Gasteiger partial charge in [-0.1, -0.05) is 30.3 Å². The Labute approximate surface area is 156 Å². The Kier molecular flexibility index (Phi) is 5.24. The second kappa shape index (κ2) is 7.95. The van der Waals surface area contributed by atoms with E-state index in [0.717, 1.165) is 22.2 Å². The first-order valence-corrected chi connectivity index (χ1v) is 9.55. The van der Waals surface area contributed by atoms with E-state index < -0.39 is 0 Å². The molecule has 134 valence electrons. The molecule has 1 aliphatic rings. The van der Waals surface area contributed by atoms with Gasteiger partial charge in [-0.3, -0.25) is 4.79 Å². The minimum absolute atomic E-state index is 0.0555. The van der Waals surface area contributed by atoms with E-state index in [1.165, 1.54) is 11.3 Å². The maximum Gasteiger partial charge on any atom is 0.251 e. The minimum atomic E-state index is -0.155. The van der Waals surface area contributed by atoms with Crippen molar-refractivity contribution in [2.24, 2.45) is 0 Å². The molecule has 0 spiro atoms. The number of hydrogen-bond donors (Lipinski definition) is 1. The number of amides is 1. The van der Waals surface area contributed by atoms with Gasteiger partial charge in [0.1, 0.15) is 0 Å². The number of thiazole rings is 1. The molecule has 0 radical (unpaired) electrons. The summed E-state index contributed by atoms with van der Waals surface area (Å²) in [5, 5.41) is 3.07. The SMILES string of the molecule is O=C(N[C@@H]1COCC[C@@H]1OCc1ccccc1)c1ccc2ncsc2c1. The molecule has 0 saturated carbocycles. The van der Waals surface area contributed by atoms with Gasteiger partial charge in [-0.2, -0.15) is 0 Å². The van der Waals surface area contributed by atoms with Gasteiger partial charge in [-0.05, 0) is 30.2 Å². The zero-order chi connectivity index (χ0) is 17.8. The van der Waals surface area contributed by atoms with Crippen LogP contribution in [0.4, 0.5) is 0 Å². The molecule has 0 bridgehead atoms. The number of carbonyl (C=O) groups excluding carboxylic acids is 1. The van der Waals surface area contributed by atoms with Gasteiger partial charge >= 0.3 is 0 Å². The number of carbonyl (C=O) groups is 1. The fraction of sp³-hybridized carbons (Fsp3) is 0.300. The zero-order valence-electron chi connectivity index (χ0n) is 14.3. The lowest BCUT2D eigenvalue weighted by Crippen LogP contribution is -2.50. The van der Waals surface area contributed by atoms with Crippen LogP contribution in [0.15, 0.2) is 54.0 Å². The molecule has 3 aromatic rings. The summed E-state index contributed by atoms with van der Waals surface area (Å²) in [4.78, 5) is 16.9. The van der Waals surface area contributed by atoms with Crippen LogP contribution in [-0.4, -0.2) is 36.3 Å². The molecule has 1 aromatic heterocycles. The van der Waals surface area contributed by atoms with Crippen LogP contribution < -0.4 is 5.32 Å². The highest BCUT2D eigenvalue weighted by Gasteiger charge is 2.28. The van der Waals surface area contributed by atoms with E-state index in [1.807, 2.05) is 42.5 Å². The lowest BCUT2D eigenvalue weighted by Gasteiger charge is -2.32. The van der Waals surface area contributed by atoms with Crippen molar-refractivity contribution in [2.45, 2.75) is 25.2 Å². The van der Waals surface area contributed by atoms with Crippen LogP contribution in [0, 0.1) is 0 Å². The van der Waals surface area contributed by atoms with Gasteiger partial charge in [-0.25, -0.2) is 4.98 Å². The molecule has 1 fully saturated rings. The molecule has 1 aliphatic heterocycles. The van der Waals surface area contributed by atoms with E-state index in [1.54, 1.807) is 11.6 Å². The molecule has 2 atom stereocenters. The summed E-state index contributed by atoms with van der Waals surface area (Å²) in [6.45, 7) is 1.65. The molecule has 0 unspecified atom stereocenters. The fourth-order valence-corrected chi connectivity index (χ4v) is 3.79. The molecule has 4 rings (SSSR count). The van der Waals surface area contributed by atoms with Crippen molar-refractivity contribution in [3.8, 4) is 0 Å². The van der Waals surface area contributed by atoms with E-state index in [2.05, 4.69) is 10.3 Å². The van der Waals surface area contributed by atoms with Crippen molar-refractivity contribution in [3.63, 3.8) is 0 Å². The highest BCUT2D eigenvalue weighted by Crippen LogP contribution is 2.20. The smallest absolute Gasteiger partial charge is 0.251 e. The topological polar surface area (TPSA) is 60.5 Å². The summed E-state index contributed by atoms with van der Waals surface area (Å²) in [5.74, 6) is -0.107. The maximum atomic E-state index is 12.7. The van der Waals surface area contributed by atoms with Crippen molar-refractivity contribution in [1.29, 1.82) is 0 Å². The molecule has 1 amide bonds. The first kappa shape index (κ1) is 17.1. The van der Waals surface area contributed by atoms with E-state index in [9.17, 15) is 4.79 Å². The first-order valence-electron chi connectivity index (χ1n) is 8.67. The van der Waals surface area contributed by atoms with Crippen LogP contribution in [0.3, 0.4) is 0 Å². The summed E-state index contributed by atoms with van der Waals surface area (Å²) in [5.41, 5.74) is 4.46. The molecule has 26 heavy (non-hydrogen) atoms. The monoisotopic (exact) mass is 368 g/mol. The lowest BCUT2D eigenvalue weighted by atomic mass is 10.1. The maximum absolute atomic E-state index is 12.7. The van der Waals surface area contributed by atoms with Crippen LogP contribution in [-0.2, 0) is 16.1 Å². The number of aromatic nitrogens is 1. The molecule has 2 aromatic carbocycles. The van der Waals surface area contributed by atoms with Crippen LogP contribution in [0.25, 0.3) is 10.2 Å². The van der Waals surface area contributed by atoms with E-state index >= 15 is 0 Å². The van der Waals surface area contributed by atoms with Crippen molar-refractivity contribution in [2.75, 3.05) is 13.2 Å².